The highest BCUT2D eigenvalue weighted by molar-refractivity contribution is 6.04. The Bertz CT molecular complexity index is 217. The van der Waals surface area contributed by atoms with Crippen molar-refractivity contribution in [1.29, 1.82) is 0 Å². The largest absolute Gasteiger partial charge is 0.292 e. The van der Waals surface area contributed by atoms with Crippen LogP contribution in [0.5, 0.6) is 0 Å². The summed E-state index contributed by atoms with van der Waals surface area (Å²) < 4.78 is 0. The molecule has 0 aromatic rings. The lowest BCUT2D eigenvalue weighted by molar-refractivity contribution is -0.130. The Balaban J connectivity index is 4.11. The highest BCUT2D eigenvalue weighted by Crippen LogP contribution is 1.94. The molecule has 0 heterocycles. The Morgan fingerprint density at radius 2 is 1.83 bits per heavy atom. The Morgan fingerprint density at radius 3 is 2.17 bits per heavy atom. The SMILES string of the molecule is CC=C(C)C(=O)NC(=O)C(C)C. The second-order valence-electron chi connectivity index (χ2n) is 2.94. The molecule has 0 saturated heterocycles. The van der Waals surface area contributed by atoms with Crippen molar-refractivity contribution in [2.24, 2.45) is 5.92 Å². The standard InChI is InChI=1S/C9H15NO2/c1-5-7(4)9(12)10-8(11)6(2)3/h5-6H,1-4H3,(H,10,11,12). The first-order valence-electron chi connectivity index (χ1n) is 3.97. The number of nitrogens with one attached hydrogen (secondary N) is 1. The van der Waals surface area contributed by atoms with Crippen LogP contribution < -0.4 is 5.32 Å². The number of amides is 2. The number of allylic oxidation sites excluding steroid dienone is 1. The molecule has 0 aromatic carbocycles. The average Bonchev–Trinajstić information content (AvgIpc) is 2.02. The van der Waals surface area contributed by atoms with E-state index in [4.69, 9.17) is 0 Å². The van der Waals surface area contributed by atoms with Gasteiger partial charge in [-0.2, -0.15) is 0 Å². The van der Waals surface area contributed by atoms with Gasteiger partial charge in [0.15, 0.2) is 0 Å². The van der Waals surface area contributed by atoms with Gasteiger partial charge in [0.05, 0.1) is 0 Å². The maximum atomic E-state index is 11.1. The van der Waals surface area contributed by atoms with Crippen LogP contribution in [0.3, 0.4) is 0 Å². The smallest absolute Gasteiger partial charge is 0.253 e. The molecule has 68 valence electrons. The zero-order chi connectivity index (χ0) is 9.72. The highest BCUT2D eigenvalue weighted by Gasteiger charge is 2.11. The zero-order valence-corrected chi connectivity index (χ0v) is 7.97. The molecule has 0 rings (SSSR count). The summed E-state index contributed by atoms with van der Waals surface area (Å²) in [6.45, 7) is 6.92. The van der Waals surface area contributed by atoms with Gasteiger partial charge in [-0.05, 0) is 13.8 Å². The third-order valence-electron chi connectivity index (χ3n) is 1.55. The van der Waals surface area contributed by atoms with E-state index in [1.54, 1.807) is 33.8 Å². The number of carbonyl (C=O) groups excluding carboxylic acids is 2. The Labute approximate surface area is 72.8 Å². The molecule has 0 saturated carbocycles. The quantitative estimate of drug-likeness (QED) is 0.632. The lowest BCUT2D eigenvalue weighted by Gasteiger charge is -2.05. The van der Waals surface area contributed by atoms with Gasteiger partial charge < -0.3 is 0 Å². The van der Waals surface area contributed by atoms with E-state index >= 15 is 0 Å². The highest BCUT2D eigenvalue weighted by atomic mass is 16.2. The van der Waals surface area contributed by atoms with Crippen LogP contribution in [0.15, 0.2) is 11.6 Å². The number of rotatable bonds is 2. The van der Waals surface area contributed by atoms with E-state index in [0.29, 0.717) is 5.57 Å². The summed E-state index contributed by atoms with van der Waals surface area (Å²) in [5, 5.41) is 2.28. The third-order valence-corrected chi connectivity index (χ3v) is 1.55. The van der Waals surface area contributed by atoms with Gasteiger partial charge >= 0.3 is 0 Å². The van der Waals surface area contributed by atoms with E-state index < -0.39 is 0 Å². The second-order valence-corrected chi connectivity index (χ2v) is 2.94. The van der Waals surface area contributed by atoms with Gasteiger partial charge in [0, 0.05) is 11.5 Å². The molecule has 0 aliphatic heterocycles. The molecule has 0 atom stereocenters. The molecule has 0 fully saturated rings. The van der Waals surface area contributed by atoms with Crippen LogP contribution in [-0.2, 0) is 9.59 Å². The molecule has 3 heteroatoms. The molecule has 1 N–H and O–H groups in total. The Morgan fingerprint density at radius 1 is 1.33 bits per heavy atom. The number of hydrogen-bond acceptors (Lipinski definition) is 2. The lowest BCUT2D eigenvalue weighted by Crippen LogP contribution is -2.34. The fourth-order valence-electron chi connectivity index (χ4n) is 0.486. The molecular weight excluding hydrogens is 154 g/mol. The average molecular weight is 169 g/mol. The van der Waals surface area contributed by atoms with Crippen molar-refractivity contribution in [3.63, 3.8) is 0 Å². The first kappa shape index (κ1) is 10.9. The van der Waals surface area contributed by atoms with Crippen molar-refractivity contribution in [2.45, 2.75) is 27.7 Å². The number of carbonyl (C=O) groups is 2. The molecule has 0 spiro atoms. The van der Waals surface area contributed by atoms with Crippen molar-refractivity contribution in [1.82, 2.24) is 5.32 Å². The predicted molar refractivity (Wildman–Crippen MR) is 47.4 cm³/mol. The van der Waals surface area contributed by atoms with Gasteiger partial charge in [0.2, 0.25) is 5.91 Å². The van der Waals surface area contributed by atoms with Crippen LogP contribution in [0.1, 0.15) is 27.7 Å². The first-order chi connectivity index (χ1) is 5.49. The van der Waals surface area contributed by atoms with Gasteiger partial charge in [-0.25, -0.2) is 0 Å². The van der Waals surface area contributed by atoms with E-state index in [2.05, 4.69) is 5.32 Å². The molecule has 2 amide bonds. The number of hydrogen-bond donors (Lipinski definition) is 1. The minimum atomic E-state index is -0.309. The summed E-state index contributed by atoms with van der Waals surface area (Å²) in [7, 11) is 0. The molecule has 0 aliphatic rings. The minimum Gasteiger partial charge on any atom is -0.292 e. The van der Waals surface area contributed by atoms with Crippen LogP contribution in [-0.4, -0.2) is 11.8 Å². The van der Waals surface area contributed by atoms with Crippen molar-refractivity contribution >= 4 is 11.8 Å². The molecule has 0 unspecified atom stereocenters. The summed E-state index contributed by atoms with van der Waals surface area (Å²) >= 11 is 0. The van der Waals surface area contributed by atoms with E-state index in [1.165, 1.54) is 0 Å². The van der Waals surface area contributed by atoms with Crippen molar-refractivity contribution in [3.8, 4) is 0 Å². The fraction of sp³-hybridized carbons (Fsp3) is 0.556. The number of imide groups is 1. The molecule has 0 bridgehead atoms. The Hall–Kier alpha value is -1.12. The van der Waals surface area contributed by atoms with Crippen LogP contribution in [0.2, 0.25) is 0 Å². The summed E-state index contributed by atoms with van der Waals surface area (Å²) in [5.74, 6) is -0.698. The zero-order valence-electron chi connectivity index (χ0n) is 7.97. The van der Waals surface area contributed by atoms with Crippen molar-refractivity contribution in [3.05, 3.63) is 11.6 Å². The Kier molecular flexibility index (Phi) is 4.26. The van der Waals surface area contributed by atoms with E-state index in [9.17, 15) is 9.59 Å². The molecule has 3 nitrogen and oxygen atoms in total. The summed E-state index contributed by atoms with van der Waals surface area (Å²) in [5.41, 5.74) is 0.559. The molecule has 0 radical (unpaired) electrons. The van der Waals surface area contributed by atoms with Gasteiger partial charge in [-0.1, -0.05) is 19.9 Å². The van der Waals surface area contributed by atoms with Crippen molar-refractivity contribution < 1.29 is 9.59 Å². The summed E-state index contributed by atoms with van der Waals surface area (Å²) in [6, 6.07) is 0. The van der Waals surface area contributed by atoms with E-state index in [0.717, 1.165) is 0 Å². The maximum Gasteiger partial charge on any atom is 0.253 e. The summed E-state index contributed by atoms with van der Waals surface area (Å²) in [4.78, 5) is 22.1. The lowest BCUT2D eigenvalue weighted by atomic mass is 10.2. The fourth-order valence-corrected chi connectivity index (χ4v) is 0.486. The van der Waals surface area contributed by atoms with Gasteiger partial charge in [-0.15, -0.1) is 0 Å². The summed E-state index contributed by atoms with van der Waals surface area (Å²) in [6.07, 6.45) is 1.67. The minimum absolute atomic E-state index is 0.154. The van der Waals surface area contributed by atoms with E-state index in [1.807, 2.05) is 0 Å². The predicted octanol–water partition coefficient (Wildman–Crippen LogP) is 1.25. The molecule has 12 heavy (non-hydrogen) atoms. The van der Waals surface area contributed by atoms with Gasteiger partial charge in [-0.3, -0.25) is 14.9 Å². The van der Waals surface area contributed by atoms with Crippen LogP contribution in [0.25, 0.3) is 0 Å². The van der Waals surface area contributed by atoms with Crippen molar-refractivity contribution in [2.75, 3.05) is 0 Å². The van der Waals surface area contributed by atoms with Gasteiger partial charge in [0.25, 0.3) is 5.91 Å². The molecular formula is C9H15NO2. The van der Waals surface area contributed by atoms with Gasteiger partial charge in [0.1, 0.15) is 0 Å². The van der Waals surface area contributed by atoms with E-state index in [-0.39, 0.29) is 17.7 Å². The first-order valence-corrected chi connectivity index (χ1v) is 3.97. The van der Waals surface area contributed by atoms with Crippen LogP contribution >= 0.6 is 0 Å². The third kappa shape index (κ3) is 3.32. The van der Waals surface area contributed by atoms with Crippen LogP contribution in [0.4, 0.5) is 0 Å². The second kappa shape index (κ2) is 4.70. The maximum absolute atomic E-state index is 11.1. The molecule has 0 aromatic heterocycles. The van der Waals surface area contributed by atoms with Crippen LogP contribution in [0, 0.1) is 5.92 Å². The monoisotopic (exact) mass is 169 g/mol. The normalized spacial score (nSPS) is 11.6. The molecule has 0 aliphatic carbocycles. The topological polar surface area (TPSA) is 46.2 Å².